The zero-order valence-corrected chi connectivity index (χ0v) is 13.0. The van der Waals surface area contributed by atoms with Gasteiger partial charge in [-0.15, -0.1) is 0 Å². The summed E-state index contributed by atoms with van der Waals surface area (Å²) in [4.78, 5) is 0.331. The molecule has 0 saturated carbocycles. The van der Waals surface area contributed by atoms with Gasteiger partial charge in [0.05, 0.1) is 11.5 Å². The summed E-state index contributed by atoms with van der Waals surface area (Å²) in [6.45, 7) is 4.23. The SMILES string of the molecule is Cc1ccc(CO)cc1S(=O)(=O)N1CCCCCC1C. The summed E-state index contributed by atoms with van der Waals surface area (Å²) < 4.78 is 27.4. The van der Waals surface area contributed by atoms with Crippen LogP contribution < -0.4 is 0 Å². The van der Waals surface area contributed by atoms with E-state index >= 15 is 0 Å². The van der Waals surface area contributed by atoms with Crippen molar-refractivity contribution in [2.45, 2.75) is 57.1 Å². The highest BCUT2D eigenvalue weighted by molar-refractivity contribution is 7.89. The first-order chi connectivity index (χ1) is 9.46. The molecule has 5 heteroatoms. The van der Waals surface area contributed by atoms with Gasteiger partial charge < -0.3 is 5.11 Å². The fraction of sp³-hybridized carbons (Fsp3) is 0.600. The number of nitrogens with zero attached hydrogens (tertiary/aromatic N) is 1. The Hall–Kier alpha value is -0.910. The molecule has 2 rings (SSSR count). The van der Waals surface area contributed by atoms with Crippen molar-refractivity contribution in [2.75, 3.05) is 6.54 Å². The van der Waals surface area contributed by atoms with Crippen LogP contribution in [0.5, 0.6) is 0 Å². The van der Waals surface area contributed by atoms with Crippen LogP contribution in [0.15, 0.2) is 23.1 Å². The third-order valence-electron chi connectivity index (χ3n) is 4.01. The fourth-order valence-corrected chi connectivity index (χ4v) is 4.73. The maximum atomic E-state index is 12.9. The van der Waals surface area contributed by atoms with Crippen LogP contribution in [-0.2, 0) is 16.6 Å². The second-order valence-electron chi connectivity index (χ2n) is 5.57. The standard InChI is InChI=1S/C15H23NO3S/c1-12-7-8-14(11-17)10-15(12)20(18,19)16-9-5-3-4-6-13(16)2/h7-8,10,13,17H,3-6,9,11H2,1-2H3. The van der Waals surface area contributed by atoms with Gasteiger partial charge in [0.2, 0.25) is 10.0 Å². The average molecular weight is 297 g/mol. The fourth-order valence-electron chi connectivity index (χ4n) is 2.75. The van der Waals surface area contributed by atoms with Crippen molar-refractivity contribution in [3.05, 3.63) is 29.3 Å². The topological polar surface area (TPSA) is 57.6 Å². The molecule has 1 fully saturated rings. The van der Waals surface area contributed by atoms with Crippen molar-refractivity contribution in [1.29, 1.82) is 0 Å². The Balaban J connectivity index is 2.43. The zero-order valence-electron chi connectivity index (χ0n) is 12.2. The lowest BCUT2D eigenvalue weighted by molar-refractivity contribution is 0.281. The second-order valence-corrected chi connectivity index (χ2v) is 7.43. The Morgan fingerprint density at radius 1 is 1.30 bits per heavy atom. The minimum Gasteiger partial charge on any atom is -0.392 e. The van der Waals surface area contributed by atoms with Crippen LogP contribution in [0.25, 0.3) is 0 Å². The summed E-state index contributed by atoms with van der Waals surface area (Å²) in [5.74, 6) is 0. The molecule has 1 aliphatic rings. The van der Waals surface area contributed by atoms with E-state index in [2.05, 4.69) is 0 Å². The molecule has 112 valence electrons. The highest BCUT2D eigenvalue weighted by Gasteiger charge is 2.31. The Labute approximate surface area is 121 Å². The van der Waals surface area contributed by atoms with Gasteiger partial charge in [0, 0.05) is 12.6 Å². The van der Waals surface area contributed by atoms with E-state index in [-0.39, 0.29) is 12.6 Å². The lowest BCUT2D eigenvalue weighted by Gasteiger charge is -2.27. The number of sulfonamides is 1. The van der Waals surface area contributed by atoms with Gasteiger partial charge in [-0.1, -0.05) is 25.0 Å². The minimum absolute atomic E-state index is 0.0414. The molecule has 1 unspecified atom stereocenters. The van der Waals surface area contributed by atoms with Gasteiger partial charge in [0.25, 0.3) is 0 Å². The molecular formula is C15H23NO3S. The van der Waals surface area contributed by atoms with E-state index < -0.39 is 10.0 Å². The van der Waals surface area contributed by atoms with Crippen molar-refractivity contribution in [3.63, 3.8) is 0 Å². The van der Waals surface area contributed by atoms with E-state index in [1.54, 1.807) is 29.4 Å². The predicted molar refractivity (Wildman–Crippen MR) is 78.9 cm³/mol. The molecule has 1 aliphatic heterocycles. The number of aryl methyl sites for hydroxylation is 1. The maximum Gasteiger partial charge on any atom is 0.243 e. The molecule has 1 saturated heterocycles. The Morgan fingerprint density at radius 3 is 2.75 bits per heavy atom. The van der Waals surface area contributed by atoms with Gasteiger partial charge >= 0.3 is 0 Å². The number of hydrogen-bond acceptors (Lipinski definition) is 3. The summed E-state index contributed by atoms with van der Waals surface area (Å²) >= 11 is 0. The van der Waals surface area contributed by atoms with Crippen LogP contribution in [-0.4, -0.2) is 30.4 Å². The first kappa shape index (κ1) is 15.5. The van der Waals surface area contributed by atoms with Crippen LogP contribution in [0.2, 0.25) is 0 Å². The average Bonchev–Trinajstić information content (AvgIpc) is 2.64. The number of aliphatic hydroxyl groups excluding tert-OH is 1. The van der Waals surface area contributed by atoms with Gasteiger partial charge in [0.15, 0.2) is 0 Å². The van der Waals surface area contributed by atoms with E-state index in [0.717, 1.165) is 31.2 Å². The molecule has 1 aromatic carbocycles. The maximum absolute atomic E-state index is 12.9. The lowest BCUT2D eigenvalue weighted by atomic mass is 10.1. The quantitative estimate of drug-likeness (QED) is 0.932. The van der Waals surface area contributed by atoms with Crippen molar-refractivity contribution in [2.24, 2.45) is 0 Å². The van der Waals surface area contributed by atoms with Crippen LogP contribution in [0, 0.1) is 6.92 Å². The van der Waals surface area contributed by atoms with Crippen LogP contribution in [0.3, 0.4) is 0 Å². The molecular weight excluding hydrogens is 274 g/mol. The largest absolute Gasteiger partial charge is 0.392 e. The highest BCUT2D eigenvalue weighted by atomic mass is 32.2. The number of hydrogen-bond donors (Lipinski definition) is 1. The third kappa shape index (κ3) is 3.05. The monoisotopic (exact) mass is 297 g/mol. The molecule has 4 nitrogen and oxygen atoms in total. The van der Waals surface area contributed by atoms with Crippen molar-refractivity contribution in [1.82, 2.24) is 4.31 Å². The number of rotatable bonds is 3. The molecule has 0 bridgehead atoms. The number of aliphatic hydroxyl groups is 1. The summed E-state index contributed by atoms with van der Waals surface area (Å²) in [7, 11) is -3.48. The summed E-state index contributed by atoms with van der Waals surface area (Å²) in [5.41, 5.74) is 1.37. The summed E-state index contributed by atoms with van der Waals surface area (Å²) in [5, 5.41) is 9.22. The van der Waals surface area contributed by atoms with E-state index in [9.17, 15) is 13.5 Å². The number of benzene rings is 1. The molecule has 20 heavy (non-hydrogen) atoms. The Morgan fingerprint density at radius 2 is 2.05 bits per heavy atom. The summed E-state index contributed by atoms with van der Waals surface area (Å²) in [6.07, 6.45) is 4.01. The molecule has 1 N–H and O–H groups in total. The first-order valence-corrected chi connectivity index (χ1v) is 8.63. The van der Waals surface area contributed by atoms with Crippen LogP contribution in [0.1, 0.15) is 43.7 Å². The van der Waals surface area contributed by atoms with Gasteiger partial charge in [-0.05, 0) is 43.9 Å². The third-order valence-corrected chi connectivity index (χ3v) is 6.17. The molecule has 0 aliphatic carbocycles. The molecule has 0 amide bonds. The van der Waals surface area contributed by atoms with Crippen LogP contribution >= 0.6 is 0 Å². The molecule has 1 atom stereocenters. The zero-order chi connectivity index (χ0) is 14.8. The van der Waals surface area contributed by atoms with Crippen molar-refractivity contribution < 1.29 is 13.5 Å². The van der Waals surface area contributed by atoms with Crippen molar-refractivity contribution >= 4 is 10.0 Å². The van der Waals surface area contributed by atoms with Gasteiger partial charge in [-0.3, -0.25) is 0 Å². The molecule has 0 radical (unpaired) electrons. The first-order valence-electron chi connectivity index (χ1n) is 7.19. The van der Waals surface area contributed by atoms with Gasteiger partial charge in [0.1, 0.15) is 0 Å². The van der Waals surface area contributed by atoms with Gasteiger partial charge in [-0.2, -0.15) is 4.31 Å². The summed E-state index contributed by atoms with van der Waals surface area (Å²) in [6, 6.07) is 5.17. The van der Waals surface area contributed by atoms with E-state index in [0.29, 0.717) is 17.0 Å². The molecule has 1 aromatic rings. The van der Waals surface area contributed by atoms with Crippen molar-refractivity contribution in [3.8, 4) is 0 Å². The van der Waals surface area contributed by atoms with Crippen LogP contribution in [0.4, 0.5) is 0 Å². The normalized spacial score (nSPS) is 21.6. The van der Waals surface area contributed by atoms with E-state index in [1.165, 1.54) is 0 Å². The minimum atomic E-state index is -3.48. The molecule has 1 heterocycles. The Kier molecular flexibility index (Phi) is 4.83. The van der Waals surface area contributed by atoms with E-state index in [1.807, 2.05) is 6.92 Å². The van der Waals surface area contributed by atoms with E-state index in [4.69, 9.17) is 0 Å². The highest BCUT2D eigenvalue weighted by Crippen LogP contribution is 2.27. The Bertz CT molecular complexity index is 568. The van der Waals surface area contributed by atoms with Gasteiger partial charge in [-0.25, -0.2) is 8.42 Å². The molecule has 0 spiro atoms. The smallest absolute Gasteiger partial charge is 0.243 e. The predicted octanol–water partition coefficient (Wildman–Crippen LogP) is 2.44. The lowest BCUT2D eigenvalue weighted by Crippen LogP contribution is -2.38. The second kappa shape index (κ2) is 6.24. The molecule has 0 aromatic heterocycles.